The molecule has 0 spiro atoms. The third-order valence-electron chi connectivity index (χ3n) is 1.68. The second-order valence-electron chi connectivity index (χ2n) is 3.61. The van der Waals surface area contributed by atoms with Crippen molar-refractivity contribution in [2.24, 2.45) is 5.73 Å². The van der Waals surface area contributed by atoms with Crippen LogP contribution in [0.5, 0.6) is 0 Å². The number of imidazole rings is 1. The average Bonchev–Trinajstić information content (AvgIpc) is 2.54. The summed E-state index contributed by atoms with van der Waals surface area (Å²) in [4.78, 5) is 6.16. The summed E-state index contributed by atoms with van der Waals surface area (Å²) in [6.07, 6.45) is 2.55. The van der Waals surface area contributed by atoms with E-state index in [9.17, 15) is 8.42 Å². The predicted molar refractivity (Wildman–Crippen MR) is 59.3 cm³/mol. The summed E-state index contributed by atoms with van der Waals surface area (Å²) in [6, 6.07) is 0. The molecule has 0 fully saturated rings. The lowest BCUT2D eigenvalue weighted by Crippen LogP contribution is -2.48. The van der Waals surface area contributed by atoms with E-state index in [1.807, 2.05) is 0 Å². The molecular formula is C7H15ClN4O2S. The summed E-state index contributed by atoms with van der Waals surface area (Å²) < 4.78 is 25.7. The van der Waals surface area contributed by atoms with Gasteiger partial charge in [0.15, 0.2) is 5.03 Å². The number of nitrogens with one attached hydrogen (secondary N) is 2. The molecule has 0 amide bonds. The molecule has 0 bridgehead atoms. The Hall–Kier alpha value is -0.630. The summed E-state index contributed by atoms with van der Waals surface area (Å²) in [5, 5.41) is 0.0408. The monoisotopic (exact) mass is 254 g/mol. The SMILES string of the molecule is CC(C)(CN)NS(=O)(=O)c1cnc[nH]1.Cl. The van der Waals surface area contributed by atoms with E-state index in [0.717, 1.165) is 0 Å². The van der Waals surface area contributed by atoms with Gasteiger partial charge in [-0.25, -0.2) is 18.1 Å². The van der Waals surface area contributed by atoms with Crippen LogP contribution in [0.25, 0.3) is 0 Å². The standard InChI is InChI=1S/C7H14N4O2S.ClH/c1-7(2,4-8)11-14(12,13)6-3-9-5-10-6;/h3,5,11H,4,8H2,1-2H3,(H,9,10);1H. The molecular weight excluding hydrogens is 240 g/mol. The van der Waals surface area contributed by atoms with E-state index in [0.29, 0.717) is 0 Å². The summed E-state index contributed by atoms with van der Waals surface area (Å²) in [5.74, 6) is 0. The van der Waals surface area contributed by atoms with Crippen molar-refractivity contribution in [3.63, 3.8) is 0 Å². The Bertz CT molecular complexity index is 387. The molecule has 88 valence electrons. The fraction of sp³-hybridized carbons (Fsp3) is 0.571. The molecule has 0 aliphatic heterocycles. The van der Waals surface area contributed by atoms with Crippen LogP contribution in [-0.2, 0) is 10.0 Å². The lowest BCUT2D eigenvalue weighted by atomic mass is 10.1. The fourth-order valence-corrected chi connectivity index (χ4v) is 2.18. The van der Waals surface area contributed by atoms with Crippen LogP contribution in [0.1, 0.15) is 13.8 Å². The molecule has 4 N–H and O–H groups in total. The van der Waals surface area contributed by atoms with Crippen molar-refractivity contribution < 1.29 is 8.42 Å². The van der Waals surface area contributed by atoms with Gasteiger partial charge in [-0.1, -0.05) is 0 Å². The van der Waals surface area contributed by atoms with Gasteiger partial charge in [0.05, 0.1) is 12.5 Å². The molecule has 15 heavy (non-hydrogen) atoms. The van der Waals surface area contributed by atoms with Gasteiger partial charge in [0.2, 0.25) is 0 Å². The van der Waals surface area contributed by atoms with Crippen LogP contribution in [0.3, 0.4) is 0 Å². The summed E-state index contributed by atoms with van der Waals surface area (Å²) in [5.41, 5.74) is 4.75. The second-order valence-corrected chi connectivity index (χ2v) is 5.26. The van der Waals surface area contributed by atoms with E-state index < -0.39 is 15.6 Å². The van der Waals surface area contributed by atoms with Crippen molar-refractivity contribution >= 4 is 22.4 Å². The molecule has 8 heteroatoms. The Labute approximate surface area is 95.1 Å². The first-order valence-corrected chi connectivity index (χ1v) is 5.58. The van der Waals surface area contributed by atoms with Gasteiger partial charge in [0.1, 0.15) is 0 Å². The third kappa shape index (κ3) is 3.78. The van der Waals surface area contributed by atoms with E-state index in [1.54, 1.807) is 13.8 Å². The van der Waals surface area contributed by atoms with Crippen molar-refractivity contribution in [2.45, 2.75) is 24.4 Å². The summed E-state index contributed by atoms with van der Waals surface area (Å²) in [7, 11) is -3.53. The van der Waals surface area contributed by atoms with Crippen molar-refractivity contribution in [2.75, 3.05) is 6.54 Å². The smallest absolute Gasteiger partial charge is 0.258 e. The van der Waals surface area contributed by atoms with Crippen LogP contribution in [0.4, 0.5) is 0 Å². The number of nitrogens with zero attached hydrogens (tertiary/aromatic N) is 1. The highest BCUT2D eigenvalue weighted by Crippen LogP contribution is 2.08. The minimum absolute atomic E-state index is 0. The van der Waals surface area contributed by atoms with Crippen molar-refractivity contribution in [1.82, 2.24) is 14.7 Å². The van der Waals surface area contributed by atoms with E-state index in [1.165, 1.54) is 12.5 Å². The van der Waals surface area contributed by atoms with E-state index >= 15 is 0 Å². The molecule has 6 nitrogen and oxygen atoms in total. The maximum absolute atomic E-state index is 11.6. The number of aromatic nitrogens is 2. The molecule has 0 radical (unpaired) electrons. The zero-order chi connectivity index (χ0) is 10.8. The Kier molecular flexibility index (Phi) is 4.72. The van der Waals surface area contributed by atoms with Crippen LogP contribution >= 0.6 is 12.4 Å². The molecule has 1 aromatic rings. The minimum atomic E-state index is -3.53. The Morgan fingerprint density at radius 1 is 1.60 bits per heavy atom. The summed E-state index contributed by atoms with van der Waals surface area (Å²) in [6.45, 7) is 3.64. The van der Waals surface area contributed by atoms with Gasteiger partial charge in [-0.05, 0) is 13.8 Å². The number of nitrogens with two attached hydrogens (primary N) is 1. The van der Waals surface area contributed by atoms with E-state index in [2.05, 4.69) is 14.7 Å². The molecule has 1 heterocycles. The van der Waals surface area contributed by atoms with Gasteiger partial charge in [-0.3, -0.25) is 0 Å². The summed E-state index contributed by atoms with van der Waals surface area (Å²) >= 11 is 0. The zero-order valence-electron chi connectivity index (χ0n) is 8.52. The van der Waals surface area contributed by atoms with Crippen LogP contribution < -0.4 is 10.5 Å². The predicted octanol–water partition coefficient (Wildman–Crippen LogP) is -0.153. The molecule has 0 saturated heterocycles. The van der Waals surface area contributed by atoms with Crippen LogP contribution in [0.15, 0.2) is 17.6 Å². The number of hydrogen-bond donors (Lipinski definition) is 3. The Balaban J connectivity index is 0.00000196. The van der Waals surface area contributed by atoms with Crippen LogP contribution in [0, 0.1) is 0 Å². The van der Waals surface area contributed by atoms with Crippen molar-refractivity contribution in [1.29, 1.82) is 0 Å². The lowest BCUT2D eigenvalue weighted by molar-refractivity contribution is 0.461. The van der Waals surface area contributed by atoms with Gasteiger partial charge in [0, 0.05) is 12.1 Å². The number of H-pyrrole nitrogens is 1. The molecule has 0 aromatic carbocycles. The van der Waals surface area contributed by atoms with Gasteiger partial charge < -0.3 is 10.7 Å². The normalized spacial score (nSPS) is 12.2. The maximum atomic E-state index is 11.6. The Morgan fingerprint density at radius 2 is 2.20 bits per heavy atom. The lowest BCUT2D eigenvalue weighted by Gasteiger charge is -2.23. The quantitative estimate of drug-likeness (QED) is 0.695. The number of halogens is 1. The van der Waals surface area contributed by atoms with Crippen molar-refractivity contribution in [3.05, 3.63) is 12.5 Å². The molecule has 0 aliphatic rings. The van der Waals surface area contributed by atoms with Crippen molar-refractivity contribution in [3.8, 4) is 0 Å². The first-order valence-electron chi connectivity index (χ1n) is 4.10. The number of rotatable bonds is 4. The van der Waals surface area contributed by atoms with Gasteiger partial charge in [-0.2, -0.15) is 0 Å². The second kappa shape index (κ2) is 4.93. The molecule has 0 aliphatic carbocycles. The Morgan fingerprint density at radius 3 is 2.60 bits per heavy atom. The maximum Gasteiger partial charge on any atom is 0.258 e. The molecule has 1 aromatic heterocycles. The third-order valence-corrected chi connectivity index (χ3v) is 3.31. The van der Waals surface area contributed by atoms with Gasteiger partial charge >= 0.3 is 0 Å². The zero-order valence-corrected chi connectivity index (χ0v) is 10.2. The van der Waals surface area contributed by atoms with E-state index in [-0.39, 0.29) is 24.0 Å². The molecule has 1 rings (SSSR count). The minimum Gasteiger partial charge on any atom is -0.335 e. The number of hydrogen-bond acceptors (Lipinski definition) is 4. The molecule has 0 atom stereocenters. The first-order chi connectivity index (χ1) is 6.37. The average molecular weight is 255 g/mol. The van der Waals surface area contributed by atoms with Crippen LogP contribution in [0.2, 0.25) is 0 Å². The van der Waals surface area contributed by atoms with Gasteiger partial charge in [0.25, 0.3) is 10.0 Å². The molecule has 0 saturated carbocycles. The first kappa shape index (κ1) is 14.4. The van der Waals surface area contributed by atoms with Gasteiger partial charge in [-0.15, -0.1) is 12.4 Å². The van der Waals surface area contributed by atoms with Crippen LogP contribution in [-0.4, -0.2) is 30.5 Å². The number of aromatic amines is 1. The largest absolute Gasteiger partial charge is 0.335 e. The fourth-order valence-electron chi connectivity index (χ4n) is 0.850. The highest BCUT2D eigenvalue weighted by atomic mass is 35.5. The van der Waals surface area contributed by atoms with E-state index in [4.69, 9.17) is 5.73 Å². The topological polar surface area (TPSA) is 101 Å². The number of sulfonamides is 1. The highest BCUT2D eigenvalue weighted by Gasteiger charge is 2.25. The highest BCUT2D eigenvalue weighted by molar-refractivity contribution is 7.89. The molecule has 0 unspecified atom stereocenters.